The van der Waals surface area contributed by atoms with Gasteiger partial charge in [-0.15, -0.1) is 0 Å². The van der Waals surface area contributed by atoms with Crippen LogP contribution >= 0.6 is 0 Å². The Kier molecular flexibility index (Phi) is 6.37. The number of aryl methyl sites for hydroxylation is 2. The average molecular weight is 410 g/mol. The van der Waals surface area contributed by atoms with Crippen molar-refractivity contribution in [3.8, 4) is 0 Å². The molecule has 0 spiro atoms. The highest BCUT2D eigenvalue weighted by atomic mass is 19.1. The lowest BCUT2D eigenvalue weighted by atomic mass is 9.93. The lowest BCUT2D eigenvalue weighted by Gasteiger charge is -2.26. The van der Waals surface area contributed by atoms with Gasteiger partial charge in [0.15, 0.2) is 0 Å². The van der Waals surface area contributed by atoms with Crippen LogP contribution in [0.3, 0.4) is 0 Å². The molecule has 6 heteroatoms. The largest absolute Gasteiger partial charge is 0.507 e. The van der Waals surface area contributed by atoms with Crippen LogP contribution in [0.5, 0.6) is 0 Å². The molecule has 1 heterocycles. The summed E-state index contributed by atoms with van der Waals surface area (Å²) in [4.78, 5) is 29.3. The van der Waals surface area contributed by atoms with Gasteiger partial charge in [0, 0.05) is 12.1 Å². The first-order valence-corrected chi connectivity index (χ1v) is 9.97. The first kappa shape index (κ1) is 21.7. The summed E-state index contributed by atoms with van der Waals surface area (Å²) >= 11 is 0. The number of ketones is 1. The predicted molar refractivity (Wildman–Crippen MR) is 114 cm³/mol. The normalized spacial score (nSPS) is 18.5. The molecule has 1 aliphatic rings. The lowest BCUT2D eigenvalue weighted by molar-refractivity contribution is -0.139. The highest BCUT2D eigenvalue weighted by Gasteiger charge is 2.46. The second-order valence-electron chi connectivity index (χ2n) is 8.02. The van der Waals surface area contributed by atoms with Crippen molar-refractivity contribution >= 4 is 17.4 Å². The van der Waals surface area contributed by atoms with Crippen LogP contribution in [-0.2, 0) is 9.59 Å². The molecular weight excluding hydrogens is 383 g/mol. The predicted octanol–water partition coefficient (Wildman–Crippen LogP) is 3.82. The Hall–Kier alpha value is -2.99. The SMILES string of the molecule is Cc1ccc(C)c(/C(O)=C2\C(=O)C(=O)N(CCCN(C)C)C2c2cccc(F)c2)c1. The molecule has 1 aliphatic heterocycles. The second-order valence-corrected chi connectivity index (χ2v) is 8.02. The van der Waals surface area contributed by atoms with Gasteiger partial charge in [-0.25, -0.2) is 4.39 Å². The van der Waals surface area contributed by atoms with Gasteiger partial charge in [-0.3, -0.25) is 9.59 Å². The van der Waals surface area contributed by atoms with Crippen molar-refractivity contribution in [2.75, 3.05) is 27.2 Å². The third-order valence-electron chi connectivity index (χ3n) is 5.36. The molecule has 0 aromatic heterocycles. The monoisotopic (exact) mass is 410 g/mol. The molecule has 1 N–H and O–H groups in total. The van der Waals surface area contributed by atoms with Crippen LogP contribution in [0, 0.1) is 19.7 Å². The highest BCUT2D eigenvalue weighted by Crippen LogP contribution is 2.40. The Morgan fingerprint density at radius 2 is 1.87 bits per heavy atom. The molecule has 0 saturated carbocycles. The number of hydrogen-bond acceptors (Lipinski definition) is 4. The maximum atomic E-state index is 14.0. The zero-order valence-corrected chi connectivity index (χ0v) is 17.8. The molecule has 1 fully saturated rings. The Morgan fingerprint density at radius 3 is 2.53 bits per heavy atom. The summed E-state index contributed by atoms with van der Waals surface area (Å²) in [6.07, 6.45) is 0.648. The maximum absolute atomic E-state index is 14.0. The number of Topliss-reactive ketones (excluding diaryl/α,β-unsaturated/α-hetero) is 1. The number of likely N-dealkylation sites (tertiary alicyclic amines) is 1. The number of carbonyl (C=O) groups is 2. The number of benzene rings is 2. The number of rotatable bonds is 6. The van der Waals surface area contributed by atoms with Crippen LogP contribution in [0.4, 0.5) is 4.39 Å². The van der Waals surface area contributed by atoms with Crippen LogP contribution in [0.2, 0.25) is 0 Å². The van der Waals surface area contributed by atoms with Gasteiger partial charge in [0.2, 0.25) is 0 Å². The summed E-state index contributed by atoms with van der Waals surface area (Å²) in [5.41, 5.74) is 2.68. The van der Waals surface area contributed by atoms with Crippen molar-refractivity contribution in [1.29, 1.82) is 0 Å². The lowest BCUT2D eigenvalue weighted by Crippen LogP contribution is -2.32. The third-order valence-corrected chi connectivity index (χ3v) is 5.36. The smallest absolute Gasteiger partial charge is 0.295 e. The molecular formula is C24H27FN2O3. The van der Waals surface area contributed by atoms with Gasteiger partial charge in [0.25, 0.3) is 11.7 Å². The quantitative estimate of drug-likeness (QED) is 0.447. The van der Waals surface area contributed by atoms with Crippen molar-refractivity contribution in [3.05, 3.63) is 76.1 Å². The summed E-state index contributed by atoms with van der Waals surface area (Å²) in [6.45, 7) is 4.78. The Balaban J connectivity index is 2.15. The zero-order valence-electron chi connectivity index (χ0n) is 17.8. The minimum Gasteiger partial charge on any atom is -0.507 e. The molecule has 0 bridgehead atoms. The van der Waals surface area contributed by atoms with E-state index in [1.165, 1.54) is 17.0 Å². The van der Waals surface area contributed by atoms with Gasteiger partial charge in [-0.05, 0) is 70.2 Å². The number of aliphatic hydroxyl groups is 1. The third kappa shape index (κ3) is 4.28. The maximum Gasteiger partial charge on any atom is 0.295 e. The fraction of sp³-hybridized carbons (Fsp3) is 0.333. The average Bonchev–Trinajstić information content (AvgIpc) is 2.94. The molecule has 0 aliphatic carbocycles. The number of aliphatic hydroxyl groups excluding tert-OH is 1. The Labute approximate surface area is 176 Å². The van der Waals surface area contributed by atoms with E-state index in [9.17, 15) is 19.1 Å². The summed E-state index contributed by atoms with van der Waals surface area (Å²) in [5.74, 6) is -2.10. The van der Waals surface area contributed by atoms with Crippen molar-refractivity contribution in [1.82, 2.24) is 9.80 Å². The van der Waals surface area contributed by atoms with E-state index in [-0.39, 0.29) is 11.3 Å². The second kappa shape index (κ2) is 8.79. The topological polar surface area (TPSA) is 60.9 Å². The van der Waals surface area contributed by atoms with E-state index in [1.54, 1.807) is 18.2 Å². The van der Waals surface area contributed by atoms with E-state index in [0.29, 0.717) is 24.1 Å². The van der Waals surface area contributed by atoms with E-state index in [4.69, 9.17) is 0 Å². The fourth-order valence-corrected chi connectivity index (χ4v) is 3.83. The van der Waals surface area contributed by atoms with Gasteiger partial charge in [-0.2, -0.15) is 0 Å². The van der Waals surface area contributed by atoms with Gasteiger partial charge >= 0.3 is 0 Å². The molecule has 2 aromatic rings. The summed E-state index contributed by atoms with van der Waals surface area (Å²) in [5, 5.41) is 11.1. The van der Waals surface area contributed by atoms with Crippen LogP contribution in [0.25, 0.3) is 5.76 Å². The molecule has 158 valence electrons. The molecule has 1 saturated heterocycles. The van der Waals surface area contributed by atoms with E-state index >= 15 is 0 Å². The molecule has 1 amide bonds. The van der Waals surface area contributed by atoms with Crippen LogP contribution < -0.4 is 0 Å². The first-order valence-electron chi connectivity index (χ1n) is 9.97. The van der Waals surface area contributed by atoms with E-state index in [0.717, 1.165) is 17.7 Å². The van der Waals surface area contributed by atoms with Crippen molar-refractivity contribution < 1.29 is 19.1 Å². The molecule has 1 unspecified atom stereocenters. The summed E-state index contributed by atoms with van der Waals surface area (Å²) in [7, 11) is 3.86. The van der Waals surface area contributed by atoms with Crippen molar-refractivity contribution in [3.63, 3.8) is 0 Å². The standard InChI is InChI=1S/C24H27FN2O3/c1-15-9-10-16(2)19(13-15)22(28)20-21(17-7-5-8-18(25)14-17)27(24(30)23(20)29)12-6-11-26(3)4/h5,7-10,13-14,21,28H,6,11-12H2,1-4H3/b22-20+. The van der Waals surface area contributed by atoms with E-state index in [2.05, 4.69) is 0 Å². The number of nitrogens with zero attached hydrogens (tertiary/aromatic N) is 2. The minimum absolute atomic E-state index is 0.00385. The summed E-state index contributed by atoms with van der Waals surface area (Å²) in [6, 6.07) is 10.6. The van der Waals surface area contributed by atoms with Crippen molar-refractivity contribution in [2.45, 2.75) is 26.3 Å². The molecule has 30 heavy (non-hydrogen) atoms. The number of carbonyl (C=O) groups excluding carboxylic acids is 2. The molecule has 2 aromatic carbocycles. The van der Waals surface area contributed by atoms with Crippen LogP contribution in [0.15, 0.2) is 48.0 Å². The highest BCUT2D eigenvalue weighted by molar-refractivity contribution is 6.46. The zero-order chi connectivity index (χ0) is 22.0. The molecule has 1 atom stereocenters. The van der Waals surface area contributed by atoms with Crippen molar-refractivity contribution in [2.24, 2.45) is 0 Å². The van der Waals surface area contributed by atoms with Crippen LogP contribution in [-0.4, -0.2) is 53.8 Å². The van der Waals surface area contributed by atoms with Gasteiger partial charge in [0.05, 0.1) is 11.6 Å². The number of halogens is 1. The van der Waals surface area contributed by atoms with E-state index in [1.807, 2.05) is 45.0 Å². The van der Waals surface area contributed by atoms with Gasteiger partial charge in [0.1, 0.15) is 11.6 Å². The number of hydrogen-bond donors (Lipinski definition) is 1. The van der Waals surface area contributed by atoms with Gasteiger partial charge < -0.3 is 14.9 Å². The molecule has 0 radical (unpaired) electrons. The summed E-state index contributed by atoms with van der Waals surface area (Å²) < 4.78 is 14.0. The fourth-order valence-electron chi connectivity index (χ4n) is 3.83. The number of amides is 1. The van der Waals surface area contributed by atoms with Crippen LogP contribution in [0.1, 0.15) is 34.7 Å². The van der Waals surface area contributed by atoms with Gasteiger partial charge in [-0.1, -0.05) is 29.8 Å². The minimum atomic E-state index is -0.831. The molecule has 3 rings (SSSR count). The Bertz CT molecular complexity index is 1010. The first-order chi connectivity index (χ1) is 14.2. The Morgan fingerprint density at radius 1 is 1.13 bits per heavy atom. The molecule has 5 nitrogen and oxygen atoms in total. The van der Waals surface area contributed by atoms with E-state index < -0.39 is 23.5 Å².